The van der Waals surface area contributed by atoms with Crippen LogP contribution in [0, 0.1) is 44.8 Å². The van der Waals surface area contributed by atoms with Crippen LogP contribution in [0.2, 0.25) is 0 Å². The van der Waals surface area contributed by atoms with Gasteiger partial charge in [0.15, 0.2) is 0 Å². The molecule has 5 aliphatic carbocycles. The number of rotatable bonds is 9. The summed E-state index contributed by atoms with van der Waals surface area (Å²) in [5.74, 6) is -0.0761. The maximum atomic E-state index is 13.8. The van der Waals surface area contributed by atoms with E-state index in [2.05, 4.69) is 44.3 Å². The van der Waals surface area contributed by atoms with E-state index in [1.54, 1.807) is 0 Å². The van der Waals surface area contributed by atoms with Crippen molar-refractivity contribution in [3.05, 3.63) is 0 Å². The van der Waals surface area contributed by atoms with Gasteiger partial charge in [-0.15, -0.1) is 0 Å². The topological polar surface area (TPSA) is 120 Å². The van der Waals surface area contributed by atoms with E-state index in [1.165, 1.54) is 0 Å². The van der Waals surface area contributed by atoms with Crippen molar-refractivity contribution in [2.45, 2.75) is 161 Å². The number of esters is 1. The van der Waals surface area contributed by atoms with Crippen LogP contribution in [0.4, 0.5) is 0 Å². The SMILES string of the molecule is CC(C)(O)[C@@H]1CC[C@](C)([C@H]2[C@@H](OC(=O)[C@@H](CCCNCl)NCl)C[C@@]3(C)C4C[C@H](O)[C@H]5C(C)(C)[C@@H](O)CC[C@@]56C[C@@]46CC[C@]23C)O1. The Morgan fingerprint density at radius 3 is 2.33 bits per heavy atom. The van der Waals surface area contributed by atoms with Crippen LogP contribution in [0.15, 0.2) is 0 Å². The lowest BCUT2D eigenvalue weighted by molar-refractivity contribution is -0.214. The number of aliphatic hydroxyl groups is 3. The van der Waals surface area contributed by atoms with Gasteiger partial charge < -0.3 is 24.8 Å². The van der Waals surface area contributed by atoms with Gasteiger partial charge in [0.05, 0.1) is 29.5 Å². The van der Waals surface area contributed by atoms with Crippen LogP contribution in [0.25, 0.3) is 0 Å². The fourth-order valence-electron chi connectivity index (χ4n) is 13.0. The van der Waals surface area contributed by atoms with E-state index in [1.807, 2.05) is 13.8 Å². The van der Waals surface area contributed by atoms with Gasteiger partial charge in [0, 0.05) is 12.5 Å². The molecule has 2 spiro atoms. The van der Waals surface area contributed by atoms with Crippen LogP contribution in [-0.2, 0) is 14.3 Å². The molecule has 1 unspecified atom stereocenters. The van der Waals surface area contributed by atoms with Crippen molar-refractivity contribution in [2.75, 3.05) is 6.54 Å². The Hall–Kier alpha value is -0.190. The molecule has 8 nitrogen and oxygen atoms in total. The number of ether oxygens (including phenoxy) is 2. The monoisotopic (exact) mass is 672 g/mol. The highest BCUT2D eigenvalue weighted by atomic mass is 35.5. The molecule has 0 aromatic rings. The lowest BCUT2D eigenvalue weighted by Gasteiger charge is -2.64. The second-order valence-electron chi connectivity index (χ2n) is 18.0. The highest BCUT2D eigenvalue weighted by molar-refractivity contribution is 6.14. The molecule has 10 heteroatoms. The Morgan fingerprint density at radius 1 is 1.00 bits per heavy atom. The number of aliphatic hydroxyl groups excluding tert-OH is 2. The average molecular weight is 674 g/mol. The third-order valence-corrected chi connectivity index (χ3v) is 15.7. The molecule has 0 radical (unpaired) electrons. The lowest BCUT2D eigenvalue weighted by Crippen LogP contribution is -2.62. The first-order chi connectivity index (χ1) is 20.9. The van der Waals surface area contributed by atoms with E-state index >= 15 is 0 Å². The third-order valence-electron chi connectivity index (χ3n) is 15.2. The van der Waals surface area contributed by atoms with Crippen LogP contribution in [0.3, 0.4) is 0 Å². The van der Waals surface area contributed by atoms with Crippen molar-refractivity contribution in [2.24, 2.45) is 44.8 Å². The van der Waals surface area contributed by atoms with Gasteiger partial charge in [-0.3, -0.25) is 4.79 Å². The van der Waals surface area contributed by atoms with Crippen LogP contribution in [-0.4, -0.2) is 69.5 Å². The van der Waals surface area contributed by atoms with Crippen molar-refractivity contribution >= 4 is 29.5 Å². The Bertz CT molecular complexity index is 1170. The van der Waals surface area contributed by atoms with Crippen LogP contribution in [0.5, 0.6) is 0 Å². The molecule has 6 aliphatic rings. The summed E-state index contributed by atoms with van der Waals surface area (Å²) in [4.78, 5) is 19.0. The largest absolute Gasteiger partial charge is 0.461 e. The molecule has 0 bridgehead atoms. The molecule has 1 saturated heterocycles. The molecule has 1 aliphatic heterocycles. The fourth-order valence-corrected chi connectivity index (χ4v) is 13.4. The molecule has 0 aromatic carbocycles. The van der Waals surface area contributed by atoms with Gasteiger partial charge in [-0.2, -0.15) is 0 Å². The van der Waals surface area contributed by atoms with E-state index in [4.69, 9.17) is 33.0 Å². The summed E-state index contributed by atoms with van der Waals surface area (Å²) in [7, 11) is 0. The molecule has 258 valence electrons. The molecule has 5 saturated carbocycles. The molecule has 0 aromatic heterocycles. The maximum absolute atomic E-state index is 13.8. The highest BCUT2D eigenvalue weighted by Crippen LogP contribution is 2.89. The van der Waals surface area contributed by atoms with E-state index < -0.39 is 29.5 Å². The first-order valence-electron chi connectivity index (χ1n) is 17.5. The molecule has 6 fully saturated rings. The number of carbonyl (C=O) groups is 1. The number of carbonyl (C=O) groups excluding carboxylic acids is 1. The molecule has 0 amide bonds. The van der Waals surface area contributed by atoms with Gasteiger partial charge in [0.1, 0.15) is 12.1 Å². The van der Waals surface area contributed by atoms with Gasteiger partial charge in [-0.1, -0.05) is 27.7 Å². The van der Waals surface area contributed by atoms with Gasteiger partial charge in [-0.25, -0.2) is 9.67 Å². The van der Waals surface area contributed by atoms with Crippen LogP contribution >= 0.6 is 23.6 Å². The molecule has 5 N–H and O–H groups in total. The number of hydrogen-bond acceptors (Lipinski definition) is 8. The average Bonchev–Trinajstić information content (AvgIpc) is 3.29. The van der Waals surface area contributed by atoms with Gasteiger partial charge >= 0.3 is 5.97 Å². The smallest absolute Gasteiger partial charge is 0.324 e. The predicted octanol–water partition coefficient (Wildman–Crippen LogP) is 5.62. The van der Waals surface area contributed by atoms with Crippen molar-refractivity contribution < 1.29 is 29.6 Å². The fraction of sp³-hybridized carbons (Fsp3) is 0.971. The number of halogens is 2. The standard InChI is InChI=1S/C35H58Cl2N2O6/c1-29(2)24(41)10-13-35-19-34(35)15-14-31(5)27(33(7)12-11-25(45-33)30(3,4)43)22(44-28(42)20(39-37)9-8-16-38-36)18-32(31,6)23(34)17-21(40)26(29)35/h20-27,38-41,43H,8-19H2,1-7H3/t20-,21+,22+,23?,24+,25+,26+,27+,31-,32+,33-,34+,35-/m1/s1. The Morgan fingerprint density at radius 2 is 1.71 bits per heavy atom. The van der Waals surface area contributed by atoms with Crippen molar-refractivity contribution in [1.29, 1.82) is 0 Å². The van der Waals surface area contributed by atoms with Crippen molar-refractivity contribution in [3.8, 4) is 0 Å². The lowest BCUT2D eigenvalue weighted by atomic mass is 9.41. The van der Waals surface area contributed by atoms with Crippen LogP contribution < -0.4 is 9.67 Å². The quantitative estimate of drug-likeness (QED) is 0.122. The van der Waals surface area contributed by atoms with E-state index in [0.717, 1.165) is 44.9 Å². The molecule has 45 heavy (non-hydrogen) atoms. The summed E-state index contributed by atoms with van der Waals surface area (Å²) in [6.07, 6.45) is 7.49. The van der Waals surface area contributed by atoms with E-state index in [0.29, 0.717) is 32.2 Å². The van der Waals surface area contributed by atoms with Crippen LogP contribution in [0.1, 0.15) is 119 Å². The Balaban J connectivity index is 1.37. The molecular weight excluding hydrogens is 615 g/mol. The summed E-state index contributed by atoms with van der Waals surface area (Å²) in [6.45, 7) is 15.5. The summed E-state index contributed by atoms with van der Waals surface area (Å²) in [5.41, 5.74) is -2.14. The van der Waals surface area contributed by atoms with Crippen molar-refractivity contribution in [3.63, 3.8) is 0 Å². The minimum atomic E-state index is -0.977. The summed E-state index contributed by atoms with van der Waals surface area (Å²) >= 11 is 11.8. The summed E-state index contributed by atoms with van der Waals surface area (Å²) in [6, 6.07) is -0.659. The third kappa shape index (κ3) is 4.84. The minimum Gasteiger partial charge on any atom is -0.461 e. The summed E-state index contributed by atoms with van der Waals surface area (Å²) < 4.78 is 13.4. The number of fused-ring (bicyclic) bond motifs is 2. The Kier molecular flexibility index (Phi) is 8.60. The zero-order valence-corrected chi connectivity index (χ0v) is 29.9. The van der Waals surface area contributed by atoms with Gasteiger partial charge in [0.25, 0.3) is 0 Å². The summed E-state index contributed by atoms with van der Waals surface area (Å²) in [5, 5.41) is 34.0. The zero-order chi connectivity index (χ0) is 33.0. The molecule has 1 heterocycles. The van der Waals surface area contributed by atoms with Gasteiger partial charge in [-0.05, 0) is 154 Å². The Labute approximate surface area is 280 Å². The first kappa shape index (κ1) is 34.7. The second kappa shape index (κ2) is 11.2. The minimum absolute atomic E-state index is 0.0521. The molecule has 6 rings (SSSR count). The number of hydrogen-bond donors (Lipinski definition) is 5. The normalized spacial score (nSPS) is 50.6. The number of nitrogens with one attached hydrogen (secondary N) is 2. The molecule has 13 atom stereocenters. The maximum Gasteiger partial charge on any atom is 0.324 e. The first-order valence-corrected chi connectivity index (χ1v) is 18.3. The second-order valence-corrected chi connectivity index (χ2v) is 18.5. The predicted molar refractivity (Wildman–Crippen MR) is 174 cm³/mol. The van der Waals surface area contributed by atoms with Crippen molar-refractivity contribution in [1.82, 2.24) is 9.67 Å². The van der Waals surface area contributed by atoms with Gasteiger partial charge in [0.2, 0.25) is 0 Å². The zero-order valence-electron chi connectivity index (χ0n) is 28.4. The van der Waals surface area contributed by atoms with E-state index in [9.17, 15) is 20.1 Å². The highest BCUT2D eigenvalue weighted by Gasteiger charge is 2.85. The van der Waals surface area contributed by atoms with E-state index in [-0.39, 0.29) is 63.0 Å². The molecular formula is C35H58Cl2N2O6.